The van der Waals surface area contributed by atoms with Crippen molar-refractivity contribution in [1.82, 2.24) is 0 Å². The molecule has 18 heavy (non-hydrogen) atoms. The fourth-order valence-corrected chi connectivity index (χ4v) is 1.75. The largest absolute Gasteiger partial charge is 1.00 e. The van der Waals surface area contributed by atoms with E-state index in [1.165, 1.54) is 0 Å². The third-order valence-electron chi connectivity index (χ3n) is 2.08. The molecular formula is C6H11K2O8PS. The smallest absolute Gasteiger partial charge is 0.676 e. The minimum absolute atomic E-state index is 0. The molecule has 1 rings (SSSR count). The number of rotatable bonds is 3. The van der Waals surface area contributed by atoms with Crippen LogP contribution in [0.4, 0.5) is 0 Å². The van der Waals surface area contributed by atoms with E-state index in [2.05, 4.69) is 21.5 Å². The van der Waals surface area contributed by atoms with E-state index in [9.17, 15) is 20.0 Å². The standard InChI is InChI=1S/C6H13O8PS.2K/c7-3-2(1-13-15(11,12)16)14-6(10)5(9)4(3)8;;/h2-10H,1H2,(H2,11,12,16);;/q;2*+1/p-2/t2-,3-,4+,5+,6?;;/m1../s1. The molecule has 0 aromatic carbocycles. The van der Waals surface area contributed by atoms with Gasteiger partial charge in [0.05, 0.1) is 0 Å². The minimum Gasteiger partial charge on any atom is -0.676 e. The molecule has 8 nitrogen and oxygen atoms in total. The van der Waals surface area contributed by atoms with Gasteiger partial charge in [-0.3, -0.25) is 4.52 Å². The molecule has 4 N–H and O–H groups in total. The van der Waals surface area contributed by atoms with Crippen LogP contribution in [0.1, 0.15) is 0 Å². The van der Waals surface area contributed by atoms with E-state index in [0.717, 1.165) is 0 Å². The first-order valence-electron chi connectivity index (χ1n) is 4.26. The fourth-order valence-electron chi connectivity index (χ4n) is 1.23. The molecule has 1 fully saturated rings. The summed E-state index contributed by atoms with van der Waals surface area (Å²) in [5.74, 6) is 0. The molecule has 1 unspecified atom stereocenters. The maximum Gasteiger partial charge on any atom is 1.00 e. The Morgan fingerprint density at radius 2 is 1.56 bits per heavy atom. The predicted octanol–water partition coefficient (Wildman–Crippen LogP) is -10.2. The van der Waals surface area contributed by atoms with Crippen molar-refractivity contribution in [2.45, 2.75) is 30.7 Å². The first-order valence-corrected chi connectivity index (χ1v) is 6.82. The topological polar surface area (TPSA) is 146 Å². The van der Waals surface area contributed by atoms with Gasteiger partial charge in [0.25, 0.3) is 0 Å². The van der Waals surface area contributed by atoms with E-state index in [4.69, 9.17) is 10.2 Å². The molecule has 5 atom stereocenters. The second-order valence-electron chi connectivity index (χ2n) is 3.28. The van der Waals surface area contributed by atoms with Gasteiger partial charge < -0.3 is 47.2 Å². The molecule has 1 heterocycles. The van der Waals surface area contributed by atoms with E-state index < -0.39 is 44.5 Å². The Labute approximate surface area is 195 Å². The number of aliphatic hydroxyl groups is 4. The molecule has 0 spiro atoms. The molecule has 0 aliphatic carbocycles. The van der Waals surface area contributed by atoms with Crippen LogP contribution in [-0.2, 0) is 21.5 Å². The van der Waals surface area contributed by atoms with Gasteiger partial charge >= 0.3 is 103 Å². The normalized spacial score (nSPS) is 36.5. The second kappa shape index (κ2) is 10.5. The van der Waals surface area contributed by atoms with Crippen LogP contribution < -0.4 is 113 Å². The zero-order valence-corrected chi connectivity index (χ0v) is 17.8. The predicted molar refractivity (Wildman–Crippen MR) is 49.1 cm³/mol. The van der Waals surface area contributed by atoms with E-state index in [1.807, 2.05) is 0 Å². The molecule has 0 amide bonds. The molecular weight excluding hydrogens is 341 g/mol. The van der Waals surface area contributed by atoms with E-state index in [0.29, 0.717) is 0 Å². The summed E-state index contributed by atoms with van der Waals surface area (Å²) in [4.78, 5) is 21.0. The summed E-state index contributed by atoms with van der Waals surface area (Å²) in [6.07, 6.45) is -7.94. The van der Waals surface area contributed by atoms with Gasteiger partial charge in [0.1, 0.15) is 31.0 Å². The van der Waals surface area contributed by atoms with Gasteiger partial charge in [-0.2, -0.15) is 0 Å². The summed E-state index contributed by atoms with van der Waals surface area (Å²) in [5, 5.41) is 36.8. The van der Waals surface area contributed by atoms with Gasteiger partial charge in [0.2, 0.25) is 0 Å². The number of hydrogen-bond acceptors (Lipinski definition) is 9. The molecule has 96 valence electrons. The Hall–Kier alpha value is 3.73. The summed E-state index contributed by atoms with van der Waals surface area (Å²) in [5.41, 5.74) is 0. The van der Waals surface area contributed by atoms with Gasteiger partial charge in [0, 0.05) is 0 Å². The third-order valence-corrected chi connectivity index (χ3v) is 2.87. The van der Waals surface area contributed by atoms with Crippen molar-refractivity contribution in [2.24, 2.45) is 0 Å². The van der Waals surface area contributed by atoms with E-state index >= 15 is 0 Å². The van der Waals surface area contributed by atoms with Crippen molar-refractivity contribution in [3.8, 4) is 0 Å². The Bertz CT molecular complexity index is 244. The van der Waals surface area contributed by atoms with Crippen LogP contribution >= 0.6 is 7.15 Å². The Kier molecular flexibility index (Phi) is 14.0. The molecule has 1 aliphatic rings. The molecule has 0 aromatic heterocycles. The fraction of sp³-hybridized carbons (Fsp3) is 1.00. The molecule has 0 bridgehead atoms. The average Bonchev–Trinajstić information content (AvgIpc) is 2.17. The molecule has 0 radical (unpaired) electrons. The molecule has 12 heteroatoms. The van der Waals surface area contributed by atoms with Crippen molar-refractivity contribution in [3.63, 3.8) is 0 Å². The summed E-state index contributed by atoms with van der Waals surface area (Å²) in [7, 11) is -4.40. The van der Waals surface area contributed by atoms with Gasteiger partial charge in [0.15, 0.2) is 6.29 Å². The summed E-state index contributed by atoms with van der Waals surface area (Å²) in [6.45, 7) is -0.647. The van der Waals surface area contributed by atoms with Crippen LogP contribution in [0.2, 0.25) is 0 Å². The molecule has 0 saturated carbocycles. The maximum absolute atomic E-state index is 10.5. The Balaban J connectivity index is 0. The summed E-state index contributed by atoms with van der Waals surface area (Å²) in [6, 6.07) is 0. The van der Waals surface area contributed by atoms with Crippen molar-refractivity contribution in [1.29, 1.82) is 0 Å². The molecule has 0 aromatic rings. The summed E-state index contributed by atoms with van der Waals surface area (Å²) < 4.78 is 8.84. The maximum atomic E-state index is 10.5. The first kappa shape index (κ1) is 24.0. The van der Waals surface area contributed by atoms with Crippen LogP contribution in [0.15, 0.2) is 0 Å². The van der Waals surface area contributed by atoms with Crippen LogP contribution in [0.25, 0.3) is 0 Å². The number of aliphatic hydroxyl groups excluding tert-OH is 4. The average molecular weight is 352 g/mol. The van der Waals surface area contributed by atoms with Gasteiger partial charge in [-0.15, -0.1) is 0 Å². The van der Waals surface area contributed by atoms with Crippen LogP contribution in [-0.4, -0.2) is 57.7 Å². The van der Waals surface area contributed by atoms with E-state index in [-0.39, 0.29) is 103 Å². The van der Waals surface area contributed by atoms with Gasteiger partial charge in [-0.25, -0.2) is 0 Å². The summed E-state index contributed by atoms with van der Waals surface area (Å²) >= 11 is 3.94. The first-order chi connectivity index (χ1) is 7.22. The van der Waals surface area contributed by atoms with Gasteiger partial charge in [-0.05, 0) is 0 Å². The quantitative estimate of drug-likeness (QED) is 0.221. The van der Waals surface area contributed by atoms with Crippen LogP contribution in [0.5, 0.6) is 0 Å². The SMILES string of the molecule is [K+].[K+].[O-][P+]([O-])([S-])OC[C@H]1OC(O)[C@@H](O)[C@@H](O)[C@@H]1O. The molecule has 1 aliphatic heterocycles. The van der Waals surface area contributed by atoms with Gasteiger partial charge in [-0.1, -0.05) is 7.15 Å². The Morgan fingerprint density at radius 1 is 1.06 bits per heavy atom. The van der Waals surface area contributed by atoms with Crippen molar-refractivity contribution < 1.29 is 142 Å². The zero-order valence-electron chi connectivity index (χ0n) is 9.87. The van der Waals surface area contributed by atoms with Crippen LogP contribution in [0, 0.1) is 0 Å². The monoisotopic (exact) mass is 352 g/mol. The number of ether oxygens (including phenoxy) is 1. The minimum atomic E-state index is -4.40. The third kappa shape index (κ3) is 7.83. The van der Waals surface area contributed by atoms with E-state index in [1.54, 1.807) is 0 Å². The second-order valence-corrected chi connectivity index (χ2v) is 5.77. The van der Waals surface area contributed by atoms with Crippen molar-refractivity contribution >= 4 is 19.4 Å². The Morgan fingerprint density at radius 3 is 2.00 bits per heavy atom. The zero-order chi connectivity index (χ0) is 12.5. The molecule has 1 saturated heterocycles. The number of hydrogen-bond donors (Lipinski definition) is 4. The van der Waals surface area contributed by atoms with Crippen LogP contribution in [0.3, 0.4) is 0 Å². The van der Waals surface area contributed by atoms with Crippen molar-refractivity contribution in [2.75, 3.05) is 6.61 Å². The van der Waals surface area contributed by atoms with Crippen molar-refractivity contribution in [3.05, 3.63) is 0 Å².